The molecule has 2 aromatic carbocycles. The first-order valence-corrected chi connectivity index (χ1v) is 9.72. The standard InChI is InChI=1S/C19H15Cl3N4OS/c1-11(27)13-3-5-14(6-4-13)23-19(28)24-18-17(22)10-26(25-18)9-12-2-7-15(20)16(21)8-12/h2-8,10H,9H2,1H3,(H2,23,24,25,28). The Morgan fingerprint density at radius 3 is 2.39 bits per heavy atom. The minimum Gasteiger partial charge on any atom is -0.332 e. The van der Waals surface area contributed by atoms with Crippen LogP contribution in [-0.2, 0) is 6.54 Å². The van der Waals surface area contributed by atoms with Crippen LogP contribution in [-0.4, -0.2) is 20.7 Å². The minimum atomic E-state index is 0.00606. The van der Waals surface area contributed by atoms with E-state index in [0.717, 1.165) is 11.3 Å². The smallest absolute Gasteiger partial charge is 0.176 e. The van der Waals surface area contributed by atoms with Gasteiger partial charge in [0.15, 0.2) is 16.7 Å². The summed E-state index contributed by atoms with van der Waals surface area (Å²) in [5, 5.41) is 12.1. The van der Waals surface area contributed by atoms with Gasteiger partial charge in [-0.25, -0.2) is 0 Å². The van der Waals surface area contributed by atoms with E-state index in [9.17, 15) is 4.79 Å². The molecule has 28 heavy (non-hydrogen) atoms. The molecule has 1 heterocycles. The van der Waals surface area contributed by atoms with Gasteiger partial charge < -0.3 is 10.6 Å². The van der Waals surface area contributed by atoms with Crippen molar-refractivity contribution < 1.29 is 4.79 Å². The molecule has 0 saturated carbocycles. The zero-order valence-electron chi connectivity index (χ0n) is 14.7. The van der Waals surface area contributed by atoms with E-state index in [-0.39, 0.29) is 5.78 Å². The zero-order chi connectivity index (χ0) is 20.3. The van der Waals surface area contributed by atoms with E-state index in [1.807, 2.05) is 6.07 Å². The van der Waals surface area contributed by atoms with Crippen LogP contribution >= 0.6 is 47.0 Å². The van der Waals surface area contributed by atoms with Gasteiger partial charge in [-0.2, -0.15) is 5.10 Å². The van der Waals surface area contributed by atoms with E-state index in [1.54, 1.807) is 47.3 Å². The third-order valence-electron chi connectivity index (χ3n) is 3.83. The van der Waals surface area contributed by atoms with Crippen LogP contribution in [0.3, 0.4) is 0 Å². The second-order valence-corrected chi connectivity index (χ2v) is 7.61. The molecule has 0 fully saturated rings. The highest BCUT2D eigenvalue weighted by Crippen LogP contribution is 2.24. The highest BCUT2D eigenvalue weighted by Gasteiger charge is 2.10. The SMILES string of the molecule is CC(=O)c1ccc(NC(=S)Nc2nn(Cc3ccc(Cl)c(Cl)c3)cc2Cl)cc1. The van der Waals surface area contributed by atoms with Crippen molar-refractivity contribution in [3.8, 4) is 0 Å². The molecule has 0 atom stereocenters. The average molecular weight is 454 g/mol. The Labute approximate surface area is 182 Å². The first kappa shape index (κ1) is 20.6. The number of Topliss-reactive ketones (excluding diaryl/α,β-unsaturated/α-hetero) is 1. The quantitative estimate of drug-likeness (QED) is 0.372. The molecule has 144 valence electrons. The van der Waals surface area contributed by atoms with Gasteiger partial charge in [0.1, 0.15) is 5.02 Å². The van der Waals surface area contributed by atoms with E-state index in [0.29, 0.717) is 38.1 Å². The number of nitrogens with zero attached hydrogens (tertiary/aromatic N) is 2. The second-order valence-electron chi connectivity index (χ2n) is 5.98. The third-order valence-corrected chi connectivity index (χ3v) is 5.05. The van der Waals surface area contributed by atoms with Crippen LogP contribution in [0, 0.1) is 0 Å². The van der Waals surface area contributed by atoms with Crippen molar-refractivity contribution in [2.24, 2.45) is 0 Å². The average Bonchev–Trinajstić information content (AvgIpc) is 2.97. The lowest BCUT2D eigenvalue weighted by Gasteiger charge is -2.09. The summed E-state index contributed by atoms with van der Waals surface area (Å²) in [7, 11) is 0. The van der Waals surface area contributed by atoms with Gasteiger partial charge in [0.25, 0.3) is 0 Å². The molecule has 0 aliphatic carbocycles. The van der Waals surface area contributed by atoms with Crippen LogP contribution < -0.4 is 10.6 Å². The lowest BCUT2D eigenvalue weighted by Crippen LogP contribution is -2.19. The summed E-state index contributed by atoms with van der Waals surface area (Å²) in [5.41, 5.74) is 2.31. The lowest BCUT2D eigenvalue weighted by molar-refractivity contribution is 0.101. The van der Waals surface area contributed by atoms with E-state index < -0.39 is 0 Å². The van der Waals surface area contributed by atoms with Gasteiger partial charge >= 0.3 is 0 Å². The number of nitrogens with one attached hydrogen (secondary N) is 2. The topological polar surface area (TPSA) is 59.0 Å². The normalized spacial score (nSPS) is 10.6. The Morgan fingerprint density at radius 2 is 1.75 bits per heavy atom. The van der Waals surface area contributed by atoms with Gasteiger partial charge in [0.05, 0.1) is 16.6 Å². The van der Waals surface area contributed by atoms with Crippen molar-refractivity contribution in [1.29, 1.82) is 0 Å². The Morgan fingerprint density at radius 1 is 1.04 bits per heavy atom. The first-order valence-electron chi connectivity index (χ1n) is 8.17. The van der Waals surface area contributed by atoms with E-state index in [4.69, 9.17) is 47.0 Å². The van der Waals surface area contributed by atoms with Crippen LogP contribution in [0.1, 0.15) is 22.8 Å². The summed E-state index contributed by atoms with van der Waals surface area (Å²) in [6, 6.07) is 12.4. The van der Waals surface area contributed by atoms with Crippen LogP contribution in [0.2, 0.25) is 15.1 Å². The summed E-state index contributed by atoms with van der Waals surface area (Å²) in [6.45, 7) is 2.00. The second kappa shape index (κ2) is 8.92. The van der Waals surface area contributed by atoms with Crippen LogP contribution in [0.4, 0.5) is 11.5 Å². The number of carbonyl (C=O) groups is 1. The van der Waals surface area contributed by atoms with Gasteiger partial charge in [-0.3, -0.25) is 9.48 Å². The van der Waals surface area contributed by atoms with Crippen LogP contribution in [0.5, 0.6) is 0 Å². The summed E-state index contributed by atoms with van der Waals surface area (Å²) in [6.07, 6.45) is 1.69. The highest BCUT2D eigenvalue weighted by atomic mass is 35.5. The Kier molecular flexibility index (Phi) is 6.57. The van der Waals surface area contributed by atoms with E-state index in [1.165, 1.54) is 6.92 Å². The predicted octanol–water partition coefficient (Wildman–Crippen LogP) is 5.90. The van der Waals surface area contributed by atoms with Gasteiger partial charge in [-0.15, -0.1) is 0 Å². The number of ketones is 1. The molecule has 9 heteroatoms. The summed E-state index contributed by atoms with van der Waals surface area (Å²) in [4.78, 5) is 11.3. The summed E-state index contributed by atoms with van der Waals surface area (Å²) < 4.78 is 1.68. The Hall–Kier alpha value is -2.12. The molecule has 0 aliphatic rings. The molecule has 3 rings (SSSR count). The molecule has 1 aromatic heterocycles. The molecule has 2 N–H and O–H groups in total. The first-order chi connectivity index (χ1) is 13.3. The number of hydrogen-bond donors (Lipinski definition) is 2. The third kappa shape index (κ3) is 5.23. The molecule has 0 spiro atoms. The van der Waals surface area contributed by atoms with Crippen molar-refractivity contribution in [2.75, 3.05) is 10.6 Å². The van der Waals surface area contributed by atoms with E-state index in [2.05, 4.69) is 15.7 Å². The number of benzene rings is 2. The summed E-state index contributed by atoms with van der Waals surface area (Å²) >= 11 is 23.5. The lowest BCUT2D eigenvalue weighted by atomic mass is 10.1. The number of halogens is 3. The number of thiocarbonyl (C=S) groups is 1. The molecular weight excluding hydrogens is 439 g/mol. The van der Waals surface area contributed by atoms with Crippen molar-refractivity contribution >= 4 is 69.4 Å². The Bertz CT molecular complexity index is 1030. The highest BCUT2D eigenvalue weighted by molar-refractivity contribution is 7.80. The van der Waals surface area contributed by atoms with Gasteiger partial charge in [0, 0.05) is 17.4 Å². The van der Waals surface area contributed by atoms with Crippen molar-refractivity contribution in [2.45, 2.75) is 13.5 Å². The maximum Gasteiger partial charge on any atom is 0.176 e. The molecule has 5 nitrogen and oxygen atoms in total. The van der Waals surface area contributed by atoms with Crippen LogP contribution in [0.15, 0.2) is 48.7 Å². The van der Waals surface area contributed by atoms with Gasteiger partial charge in [-0.05, 0) is 61.1 Å². The Balaban J connectivity index is 1.64. The zero-order valence-corrected chi connectivity index (χ0v) is 17.8. The number of carbonyl (C=O) groups excluding carboxylic acids is 1. The number of hydrogen-bond acceptors (Lipinski definition) is 3. The van der Waals surface area contributed by atoms with Gasteiger partial charge in [0.2, 0.25) is 0 Å². The summed E-state index contributed by atoms with van der Waals surface area (Å²) in [5.74, 6) is 0.436. The minimum absolute atomic E-state index is 0.00606. The molecule has 0 amide bonds. The van der Waals surface area contributed by atoms with E-state index >= 15 is 0 Å². The molecular formula is C19H15Cl3N4OS. The van der Waals surface area contributed by atoms with Crippen molar-refractivity contribution in [3.63, 3.8) is 0 Å². The molecule has 3 aromatic rings. The number of aromatic nitrogens is 2. The van der Waals surface area contributed by atoms with Crippen molar-refractivity contribution in [1.82, 2.24) is 9.78 Å². The molecule has 0 saturated heterocycles. The molecule has 0 bridgehead atoms. The molecule has 0 aliphatic heterocycles. The maximum atomic E-state index is 11.3. The number of rotatable bonds is 5. The fraction of sp³-hybridized carbons (Fsp3) is 0.105. The monoisotopic (exact) mass is 452 g/mol. The largest absolute Gasteiger partial charge is 0.332 e. The number of anilines is 2. The fourth-order valence-electron chi connectivity index (χ4n) is 2.45. The predicted molar refractivity (Wildman–Crippen MR) is 119 cm³/mol. The van der Waals surface area contributed by atoms with Crippen molar-refractivity contribution in [3.05, 3.63) is 74.9 Å². The maximum absolute atomic E-state index is 11.3. The molecule has 0 radical (unpaired) electrons. The molecule has 0 unspecified atom stereocenters. The fourth-order valence-corrected chi connectivity index (χ4v) is 3.18. The van der Waals surface area contributed by atoms with Gasteiger partial charge in [-0.1, -0.05) is 40.9 Å². The van der Waals surface area contributed by atoms with Crippen LogP contribution in [0.25, 0.3) is 0 Å².